The van der Waals surface area contributed by atoms with Gasteiger partial charge in [-0.05, 0) is 12.1 Å². The van der Waals surface area contributed by atoms with Crippen molar-refractivity contribution in [2.24, 2.45) is 0 Å². The molecule has 1 aromatic carbocycles. The van der Waals surface area contributed by atoms with Crippen LogP contribution in [0.5, 0.6) is 5.75 Å². The van der Waals surface area contributed by atoms with Crippen molar-refractivity contribution in [1.29, 1.82) is 0 Å². The van der Waals surface area contributed by atoms with Crippen molar-refractivity contribution in [1.82, 2.24) is 5.32 Å². The zero-order valence-corrected chi connectivity index (χ0v) is 11.3. The molecule has 0 saturated carbocycles. The Balaban J connectivity index is 2.18. The van der Waals surface area contributed by atoms with E-state index in [2.05, 4.69) is 15.4 Å². The number of hydrogen-bond donors (Lipinski definition) is 2. The Bertz CT molecular complexity index is 546. The lowest BCUT2D eigenvalue weighted by molar-refractivity contribution is -0.124. The molecule has 1 saturated heterocycles. The first kappa shape index (κ1) is 14.8. The Hall–Kier alpha value is -1.60. The molecule has 0 radical (unpaired) electrons. The molecule has 0 aromatic heterocycles. The first-order valence-corrected chi connectivity index (χ1v) is 6.16. The number of carbonyl (C=O) groups excluding carboxylic acids is 2. The molecule has 2 N–H and O–H groups in total. The molecule has 1 fully saturated rings. The summed E-state index contributed by atoms with van der Waals surface area (Å²) in [5.41, 5.74) is 0.316. The SMILES string of the molecule is O=C1CC(Nc2cc(Cl)c(OC(F)F)c(Cl)c2)C(=O)N1. The van der Waals surface area contributed by atoms with E-state index < -0.39 is 24.5 Å². The topological polar surface area (TPSA) is 67.4 Å². The maximum Gasteiger partial charge on any atom is 0.387 e. The van der Waals surface area contributed by atoms with Gasteiger partial charge in [0.05, 0.1) is 16.5 Å². The number of imide groups is 1. The summed E-state index contributed by atoms with van der Waals surface area (Å²) in [6.45, 7) is -3.05. The number of rotatable bonds is 4. The highest BCUT2D eigenvalue weighted by molar-refractivity contribution is 6.37. The summed E-state index contributed by atoms with van der Waals surface area (Å²) >= 11 is 11.6. The fraction of sp³-hybridized carbons (Fsp3) is 0.273. The highest BCUT2D eigenvalue weighted by Crippen LogP contribution is 2.37. The van der Waals surface area contributed by atoms with Crippen LogP contribution in [0.1, 0.15) is 6.42 Å². The van der Waals surface area contributed by atoms with E-state index in [0.29, 0.717) is 5.69 Å². The van der Waals surface area contributed by atoms with Gasteiger partial charge in [0, 0.05) is 5.69 Å². The highest BCUT2D eigenvalue weighted by Gasteiger charge is 2.30. The van der Waals surface area contributed by atoms with Gasteiger partial charge in [0.2, 0.25) is 11.8 Å². The van der Waals surface area contributed by atoms with Crippen LogP contribution in [0.2, 0.25) is 10.0 Å². The molecule has 108 valence electrons. The Morgan fingerprint density at radius 3 is 2.35 bits per heavy atom. The van der Waals surface area contributed by atoms with Gasteiger partial charge in [-0.3, -0.25) is 14.9 Å². The van der Waals surface area contributed by atoms with Crippen LogP contribution in [-0.2, 0) is 9.59 Å². The van der Waals surface area contributed by atoms with E-state index in [4.69, 9.17) is 23.2 Å². The van der Waals surface area contributed by atoms with Crippen molar-refractivity contribution < 1.29 is 23.1 Å². The van der Waals surface area contributed by atoms with Gasteiger partial charge in [-0.2, -0.15) is 8.78 Å². The lowest BCUT2D eigenvalue weighted by atomic mass is 10.2. The quantitative estimate of drug-likeness (QED) is 0.835. The second kappa shape index (κ2) is 5.80. The zero-order chi connectivity index (χ0) is 14.9. The molecule has 1 aliphatic heterocycles. The molecule has 9 heteroatoms. The third kappa shape index (κ3) is 3.29. The smallest absolute Gasteiger partial charge is 0.387 e. The van der Waals surface area contributed by atoms with E-state index >= 15 is 0 Å². The predicted molar refractivity (Wildman–Crippen MR) is 68.3 cm³/mol. The summed E-state index contributed by atoms with van der Waals surface area (Å²) in [4.78, 5) is 22.4. The van der Waals surface area contributed by atoms with Crippen molar-refractivity contribution in [3.63, 3.8) is 0 Å². The minimum Gasteiger partial charge on any atom is -0.432 e. The van der Waals surface area contributed by atoms with E-state index in [1.54, 1.807) is 0 Å². The molecule has 1 unspecified atom stereocenters. The summed E-state index contributed by atoms with van der Waals surface area (Å²) in [5, 5.41) is 4.59. The Labute approximate surface area is 122 Å². The van der Waals surface area contributed by atoms with Crippen LogP contribution in [0.4, 0.5) is 14.5 Å². The normalized spacial score (nSPS) is 18.4. The molecule has 0 aliphatic carbocycles. The molecule has 1 aromatic rings. The van der Waals surface area contributed by atoms with Gasteiger partial charge < -0.3 is 10.1 Å². The molecule has 2 rings (SSSR count). The molecule has 1 heterocycles. The van der Waals surface area contributed by atoms with Crippen LogP contribution in [-0.4, -0.2) is 24.5 Å². The summed E-state index contributed by atoms with van der Waals surface area (Å²) in [5.74, 6) is -1.22. The Morgan fingerprint density at radius 2 is 1.90 bits per heavy atom. The average Bonchev–Trinajstić information content (AvgIpc) is 2.62. The lowest BCUT2D eigenvalue weighted by Crippen LogP contribution is -2.30. The molecule has 5 nitrogen and oxygen atoms in total. The zero-order valence-electron chi connectivity index (χ0n) is 9.75. The van der Waals surface area contributed by atoms with E-state index in [1.165, 1.54) is 12.1 Å². The van der Waals surface area contributed by atoms with E-state index in [1.807, 2.05) is 0 Å². The average molecular weight is 325 g/mol. The first-order valence-electron chi connectivity index (χ1n) is 5.41. The number of hydrogen-bond acceptors (Lipinski definition) is 4. The molecule has 1 aliphatic rings. The Morgan fingerprint density at radius 1 is 1.30 bits per heavy atom. The number of carbonyl (C=O) groups is 2. The summed E-state index contributed by atoms with van der Waals surface area (Å²) in [6, 6.07) is 1.80. The monoisotopic (exact) mass is 324 g/mol. The summed E-state index contributed by atoms with van der Waals surface area (Å²) in [6.07, 6.45) is -0.0244. The van der Waals surface area contributed by atoms with Crippen molar-refractivity contribution in [2.75, 3.05) is 5.32 Å². The second-order valence-corrected chi connectivity index (χ2v) is 4.78. The van der Waals surface area contributed by atoms with Gasteiger partial charge in [-0.1, -0.05) is 23.2 Å². The van der Waals surface area contributed by atoms with Gasteiger partial charge in [0.25, 0.3) is 0 Å². The number of benzene rings is 1. The summed E-state index contributed by atoms with van der Waals surface area (Å²) < 4.78 is 28.5. The predicted octanol–water partition coefficient (Wildman–Crippen LogP) is 2.42. The summed E-state index contributed by atoms with van der Waals surface area (Å²) in [7, 11) is 0. The second-order valence-electron chi connectivity index (χ2n) is 3.96. The third-order valence-corrected chi connectivity index (χ3v) is 3.08. The van der Waals surface area contributed by atoms with Crippen molar-refractivity contribution in [3.8, 4) is 5.75 Å². The largest absolute Gasteiger partial charge is 0.432 e. The lowest BCUT2D eigenvalue weighted by Gasteiger charge is -2.14. The van der Waals surface area contributed by atoms with Crippen LogP contribution in [0.25, 0.3) is 0 Å². The number of ether oxygens (including phenoxy) is 1. The van der Waals surface area contributed by atoms with Crippen LogP contribution < -0.4 is 15.4 Å². The van der Waals surface area contributed by atoms with E-state index in [-0.39, 0.29) is 22.2 Å². The van der Waals surface area contributed by atoms with Gasteiger partial charge in [-0.15, -0.1) is 0 Å². The van der Waals surface area contributed by atoms with Gasteiger partial charge in [0.15, 0.2) is 5.75 Å². The van der Waals surface area contributed by atoms with Crippen molar-refractivity contribution in [3.05, 3.63) is 22.2 Å². The van der Waals surface area contributed by atoms with Crippen LogP contribution >= 0.6 is 23.2 Å². The molecule has 1 atom stereocenters. The van der Waals surface area contributed by atoms with Gasteiger partial charge in [-0.25, -0.2) is 0 Å². The van der Waals surface area contributed by atoms with Crippen molar-refractivity contribution in [2.45, 2.75) is 19.1 Å². The van der Waals surface area contributed by atoms with Gasteiger partial charge in [0.1, 0.15) is 6.04 Å². The molecular weight excluding hydrogens is 317 g/mol. The number of alkyl halides is 2. The minimum atomic E-state index is -3.05. The van der Waals surface area contributed by atoms with Gasteiger partial charge >= 0.3 is 6.61 Å². The number of amides is 2. The van der Waals surface area contributed by atoms with E-state index in [0.717, 1.165) is 0 Å². The number of nitrogens with one attached hydrogen (secondary N) is 2. The first-order chi connectivity index (χ1) is 9.36. The highest BCUT2D eigenvalue weighted by atomic mass is 35.5. The van der Waals surface area contributed by atoms with Crippen LogP contribution in [0, 0.1) is 0 Å². The standard InChI is InChI=1S/C11H8Cl2F2N2O3/c12-5-1-4(2-6(13)9(5)20-11(14)15)16-7-3-8(18)17-10(7)19/h1-2,7,11,16H,3H2,(H,17,18,19). The maximum atomic E-state index is 12.2. The molecular formula is C11H8Cl2F2N2O3. The number of anilines is 1. The Kier molecular flexibility index (Phi) is 4.29. The third-order valence-electron chi connectivity index (χ3n) is 2.51. The van der Waals surface area contributed by atoms with Crippen LogP contribution in [0.3, 0.4) is 0 Å². The molecule has 2 amide bonds. The molecule has 0 bridgehead atoms. The maximum absolute atomic E-state index is 12.2. The van der Waals surface area contributed by atoms with E-state index in [9.17, 15) is 18.4 Å². The molecule has 20 heavy (non-hydrogen) atoms. The van der Waals surface area contributed by atoms with Crippen LogP contribution in [0.15, 0.2) is 12.1 Å². The van der Waals surface area contributed by atoms with Crippen molar-refractivity contribution >= 4 is 40.7 Å². The fourth-order valence-corrected chi connectivity index (χ4v) is 2.29. The minimum absolute atomic E-state index is 0.0244. The number of halogens is 4. The fourth-order valence-electron chi connectivity index (χ4n) is 1.72. The molecule has 0 spiro atoms.